The lowest BCUT2D eigenvalue weighted by molar-refractivity contribution is -0.146. The molecule has 6 heteroatoms. The van der Waals surface area contributed by atoms with Crippen molar-refractivity contribution >= 4 is 5.91 Å². The maximum Gasteiger partial charge on any atom is 0.230 e. The van der Waals surface area contributed by atoms with Gasteiger partial charge in [-0.1, -0.05) is 30.3 Å². The lowest BCUT2D eigenvalue weighted by Crippen LogP contribution is -2.50. The van der Waals surface area contributed by atoms with E-state index in [1.807, 2.05) is 11.9 Å². The topological polar surface area (TPSA) is 65.6 Å². The molecule has 0 bridgehead atoms. The fourth-order valence-electron chi connectivity index (χ4n) is 4.40. The first kappa shape index (κ1) is 20.3. The normalized spacial score (nSPS) is 24.7. The summed E-state index contributed by atoms with van der Waals surface area (Å²) in [5, 5.41) is 3.35. The Morgan fingerprint density at radius 1 is 1.22 bits per heavy atom. The van der Waals surface area contributed by atoms with E-state index in [0.29, 0.717) is 18.7 Å². The van der Waals surface area contributed by atoms with Gasteiger partial charge in [-0.15, -0.1) is 0 Å². The number of nitrogens with zero attached hydrogens (tertiary/aromatic N) is 1. The minimum Gasteiger partial charge on any atom is -0.384 e. The van der Waals surface area contributed by atoms with E-state index in [0.717, 1.165) is 51.7 Å². The highest BCUT2D eigenvalue weighted by Gasteiger charge is 2.41. The third kappa shape index (κ3) is 5.08. The number of amides is 1. The predicted octanol–water partition coefficient (Wildman–Crippen LogP) is 1.85. The largest absolute Gasteiger partial charge is 0.384 e. The summed E-state index contributed by atoms with van der Waals surface area (Å²) in [6.07, 6.45) is 4.87. The van der Waals surface area contributed by atoms with Crippen LogP contribution in [0, 0.1) is 5.41 Å². The van der Waals surface area contributed by atoms with E-state index in [9.17, 15) is 4.79 Å². The average molecular weight is 375 g/mol. The van der Waals surface area contributed by atoms with Crippen LogP contribution in [0.25, 0.3) is 0 Å². The number of piperidine rings is 1. The maximum atomic E-state index is 13.1. The molecule has 0 spiro atoms. The molecule has 3 rings (SSSR count). The molecule has 150 valence electrons. The number of methoxy groups -OCH3 is 1. The highest BCUT2D eigenvalue weighted by atomic mass is 16.5. The molecule has 2 atom stereocenters. The van der Waals surface area contributed by atoms with Crippen LogP contribution in [-0.2, 0) is 9.53 Å². The number of hydrogen-bond acceptors (Lipinski definition) is 5. The summed E-state index contributed by atoms with van der Waals surface area (Å²) in [5.74, 6) is 0.241. The first-order valence-corrected chi connectivity index (χ1v) is 10.2. The third-order valence-electron chi connectivity index (χ3n) is 6.01. The summed E-state index contributed by atoms with van der Waals surface area (Å²) in [4.78, 5) is 15.0. The zero-order chi connectivity index (χ0) is 19.1. The Labute approximate surface area is 163 Å². The summed E-state index contributed by atoms with van der Waals surface area (Å²) < 4.78 is 5.40. The van der Waals surface area contributed by atoms with Crippen molar-refractivity contribution in [2.45, 2.75) is 44.2 Å². The van der Waals surface area contributed by atoms with E-state index in [2.05, 4.69) is 46.5 Å². The van der Waals surface area contributed by atoms with E-state index < -0.39 is 0 Å². The molecule has 27 heavy (non-hydrogen) atoms. The molecule has 0 saturated carbocycles. The molecule has 1 aromatic rings. The summed E-state index contributed by atoms with van der Waals surface area (Å²) in [5.41, 5.74) is 7.80. The van der Waals surface area contributed by atoms with Gasteiger partial charge in [0.2, 0.25) is 5.91 Å². The molecular formula is C21H34N4O2. The molecule has 3 N–H and O–H groups in total. The zero-order valence-corrected chi connectivity index (χ0v) is 16.7. The number of hydrogen-bond donors (Lipinski definition) is 3. The van der Waals surface area contributed by atoms with Gasteiger partial charge in [-0.2, -0.15) is 0 Å². The molecule has 6 nitrogen and oxygen atoms in total. The van der Waals surface area contributed by atoms with Crippen LogP contribution in [0.4, 0.5) is 0 Å². The van der Waals surface area contributed by atoms with Crippen LogP contribution < -0.4 is 16.2 Å². The van der Waals surface area contributed by atoms with Crippen molar-refractivity contribution in [3.8, 4) is 0 Å². The second kappa shape index (κ2) is 9.64. The highest BCUT2D eigenvalue weighted by molar-refractivity contribution is 5.82. The lowest BCUT2D eigenvalue weighted by atomic mass is 9.78. The van der Waals surface area contributed by atoms with Crippen molar-refractivity contribution in [3.05, 3.63) is 35.9 Å². The Hall–Kier alpha value is -1.47. The molecule has 0 aliphatic carbocycles. The van der Waals surface area contributed by atoms with Gasteiger partial charge in [-0.3, -0.25) is 15.6 Å². The molecule has 0 radical (unpaired) electrons. The Kier molecular flexibility index (Phi) is 7.24. The predicted molar refractivity (Wildman–Crippen MR) is 107 cm³/mol. The molecule has 2 heterocycles. The fourth-order valence-corrected chi connectivity index (χ4v) is 4.40. The van der Waals surface area contributed by atoms with Gasteiger partial charge in [0.15, 0.2) is 0 Å². The van der Waals surface area contributed by atoms with Crippen LogP contribution in [0.3, 0.4) is 0 Å². The Balaban J connectivity index is 1.44. The maximum absolute atomic E-state index is 13.1. The van der Waals surface area contributed by atoms with E-state index >= 15 is 0 Å². The standard InChI is InChI=1S/C21H34N4O2/c1-25(20(26)21(16-27-2)10-12-22-13-11-21)14-6-9-18-15-19(24-23-18)17-7-4-3-5-8-17/h3-5,7-8,18-19,22-24H,6,9-16H2,1-2H3. The van der Waals surface area contributed by atoms with Gasteiger partial charge < -0.3 is 15.0 Å². The van der Waals surface area contributed by atoms with Crippen LogP contribution in [-0.4, -0.2) is 57.2 Å². The van der Waals surface area contributed by atoms with Crippen LogP contribution in [0.5, 0.6) is 0 Å². The molecule has 2 aliphatic heterocycles. The van der Waals surface area contributed by atoms with Gasteiger partial charge in [0.1, 0.15) is 0 Å². The SMILES string of the molecule is COCC1(C(=O)N(C)CCCC2CC(c3ccccc3)NN2)CCNCC1. The summed E-state index contributed by atoms with van der Waals surface area (Å²) >= 11 is 0. The first-order chi connectivity index (χ1) is 13.1. The zero-order valence-electron chi connectivity index (χ0n) is 16.7. The monoisotopic (exact) mass is 374 g/mol. The molecule has 2 saturated heterocycles. The van der Waals surface area contributed by atoms with E-state index in [1.165, 1.54) is 5.56 Å². The fraction of sp³-hybridized carbons (Fsp3) is 0.667. The van der Waals surface area contributed by atoms with Crippen LogP contribution >= 0.6 is 0 Å². The molecule has 2 aliphatic rings. The van der Waals surface area contributed by atoms with Crippen molar-refractivity contribution in [3.63, 3.8) is 0 Å². The summed E-state index contributed by atoms with van der Waals surface area (Å²) in [6.45, 7) is 3.10. The van der Waals surface area contributed by atoms with Gasteiger partial charge in [0.25, 0.3) is 0 Å². The quantitative estimate of drug-likeness (QED) is 0.648. The van der Waals surface area contributed by atoms with Crippen molar-refractivity contribution in [2.75, 3.05) is 40.4 Å². The van der Waals surface area contributed by atoms with Crippen molar-refractivity contribution in [2.24, 2.45) is 5.41 Å². The van der Waals surface area contributed by atoms with Gasteiger partial charge in [0, 0.05) is 32.8 Å². The first-order valence-electron chi connectivity index (χ1n) is 10.2. The summed E-state index contributed by atoms with van der Waals surface area (Å²) in [6, 6.07) is 11.4. The van der Waals surface area contributed by atoms with Gasteiger partial charge in [-0.05, 0) is 50.8 Å². The summed E-state index contributed by atoms with van der Waals surface area (Å²) in [7, 11) is 3.63. The Bertz CT molecular complexity index is 584. The second-order valence-electron chi connectivity index (χ2n) is 8.02. The number of hydrazine groups is 1. The third-order valence-corrected chi connectivity index (χ3v) is 6.01. The minimum atomic E-state index is -0.347. The Morgan fingerprint density at radius 2 is 1.96 bits per heavy atom. The van der Waals surface area contributed by atoms with E-state index in [1.54, 1.807) is 7.11 Å². The number of nitrogens with one attached hydrogen (secondary N) is 3. The lowest BCUT2D eigenvalue weighted by Gasteiger charge is -2.38. The molecule has 2 unspecified atom stereocenters. The smallest absolute Gasteiger partial charge is 0.230 e. The average Bonchev–Trinajstić information content (AvgIpc) is 3.18. The molecule has 0 aromatic heterocycles. The molecule has 2 fully saturated rings. The van der Waals surface area contributed by atoms with E-state index in [4.69, 9.17) is 4.74 Å². The van der Waals surface area contributed by atoms with Gasteiger partial charge in [0.05, 0.1) is 12.0 Å². The van der Waals surface area contributed by atoms with Crippen LogP contribution in [0.2, 0.25) is 0 Å². The highest BCUT2D eigenvalue weighted by Crippen LogP contribution is 2.31. The van der Waals surface area contributed by atoms with Crippen LogP contribution in [0.15, 0.2) is 30.3 Å². The molecule has 1 aromatic carbocycles. The number of carbonyl (C=O) groups excluding carboxylic acids is 1. The Morgan fingerprint density at radius 3 is 2.67 bits per heavy atom. The van der Waals surface area contributed by atoms with E-state index in [-0.39, 0.29) is 11.3 Å². The number of ether oxygens (including phenoxy) is 1. The molecular weight excluding hydrogens is 340 g/mol. The minimum absolute atomic E-state index is 0.241. The van der Waals surface area contributed by atoms with Gasteiger partial charge >= 0.3 is 0 Å². The van der Waals surface area contributed by atoms with Crippen molar-refractivity contribution < 1.29 is 9.53 Å². The molecule has 1 amide bonds. The second-order valence-corrected chi connectivity index (χ2v) is 8.02. The van der Waals surface area contributed by atoms with Gasteiger partial charge in [-0.25, -0.2) is 0 Å². The number of rotatable bonds is 8. The van der Waals surface area contributed by atoms with Crippen molar-refractivity contribution in [1.82, 2.24) is 21.1 Å². The number of carbonyl (C=O) groups is 1. The number of benzene rings is 1. The van der Waals surface area contributed by atoms with Crippen LogP contribution in [0.1, 0.15) is 43.7 Å². The van der Waals surface area contributed by atoms with Crippen molar-refractivity contribution in [1.29, 1.82) is 0 Å².